The number of aromatic nitrogens is 1. The van der Waals surface area contributed by atoms with Gasteiger partial charge >= 0.3 is 6.03 Å². The first-order valence-corrected chi connectivity index (χ1v) is 13.0. The van der Waals surface area contributed by atoms with E-state index in [-0.39, 0.29) is 40.7 Å². The molecule has 2 N–H and O–H groups in total. The number of carbonyl (C=O) groups is 1. The van der Waals surface area contributed by atoms with Crippen LogP contribution in [0.4, 0.5) is 20.6 Å². The Bertz CT molecular complexity index is 1410. The van der Waals surface area contributed by atoms with Crippen LogP contribution in [0.1, 0.15) is 23.6 Å². The number of urea groups is 1. The number of anilines is 2. The van der Waals surface area contributed by atoms with Crippen molar-refractivity contribution in [1.82, 2.24) is 9.47 Å². The summed E-state index contributed by atoms with van der Waals surface area (Å²) >= 11 is 0. The zero-order valence-corrected chi connectivity index (χ0v) is 19.7. The quantitative estimate of drug-likeness (QED) is 0.564. The summed E-state index contributed by atoms with van der Waals surface area (Å²) in [4.78, 5) is 27.7. The van der Waals surface area contributed by atoms with Crippen molar-refractivity contribution in [2.45, 2.75) is 24.6 Å². The standard InChI is InChI=1S/C25H25FN4O4S/c26-20-6-8-21(9-7-20)27-25(32)29-13-18-12-19(15-29)23-11-10-22(24(31)30(23)14-18)28-35(33,34)16-17-4-2-1-3-5-17/h1-11,18-19,28H,12-16H2,(H,27,32)/t18-,19+/m0/s1. The second-order valence-electron chi connectivity index (χ2n) is 9.08. The van der Waals surface area contributed by atoms with E-state index in [9.17, 15) is 22.4 Å². The van der Waals surface area contributed by atoms with Crippen LogP contribution in [-0.4, -0.2) is 37.0 Å². The van der Waals surface area contributed by atoms with E-state index >= 15 is 0 Å². The summed E-state index contributed by atoms with van der Waals surface area (Å²) in [6.07, 6.45) is 0.846. The zero-order valence-electron chi connectivity index (χ0n) is 18.9. The van der Waals surface area contributed by atoms with Gasteiger partial charge in [0.25, 0.3) is 5.56 Å². The predicted octanol–water partition coefficient (Wildman–Crippen LogP) is 3.58. The molecule has 0 spiro atoms. The first kappa shape index (κ1) is 23.1. The van der Waals surface area contributed by atoms with Gasteiger partial charge in [-0.05, 0) is 54.3 Å². The van der Waals surface area contributed by atoms with Gasteiger partial charge < -0.3 is 14.8 Å². The number of hydrogen-bond donors (Lipinski definition) is 2. The van der Waals surface area contributed by atoms with Crippen LogP contribution in [0, 0.1) is 11.7 Å². The molecule has 3 heterocycles. The van der Waals surface area contributed by atoms with Crippen LogP contribution in [0.25, 0.3) is 0 Å². The lowest BCUT2D eigenvalue weighted by atomic mass is 9.83. The molecule has 10 heteroatoms. The Kier molecular flexibility index (Phi) is 6.06. The first-order chi connectivity index (χ1) is 16.8. The molecule has 2 amide bonds. The third kappa shape index (κ3) is 5.07. The number of nitrogens with zero attached hydrogens (tertiary/aromatic N) is 2. The summed E-state index contributed by atoms with van der Waals surface area (Å²) in [7, 11) is -3.76. The van der Waals surface area contributed by atoms with Crippen molar-refractivity contribution in [3.8, 4) is 0 Å². The molecule has 1 saturated heterocycles. The van der Waals surface area contributed by atoms with Gasteiger partial charge in [-0.1, -0.05) is 30.3 Å². The molecule has 2 aliphatic rings. The Morgan fingerprint density at radius 1 is 0.971 bits per heavy atom. The van der Waals surface area contributed by atoms with Crippen molar-refractivity contribution in [3.63, 3.8) is 0 Å². The van der Waals surface area contributed by atoms with Gasteiger partial charge in [-0.3, -0.25) is 9.52 Å². The number of piperidine rings is 1. The minimum Gasteiger partial charge on any atom is -0.324 e. The van der Waals surface area contributed by atoms with Crippen LogP contribution in [0.15, 0.2) is 71.5 Å². The van der Waals surface area contributed by atoms with Crippen LogP contribution >= 0.6 is 0 Å². The van der Waals surface area contributed by atoms with E-state index in [4.69, 9.17) is 0 Å². The van der Waals surface area contributed by atoms with Crippen LogP contribution in [0.3, 0.4) is 0 Å². The maximum atomic E-state index is 13.2. The average molecular weight is 497 g/mol. The van der Waals surface area contributed by atoms with E-state index in [2.05, 4.69) is 10.0 Å². The van der Waals surface area contributed by atoms with Gasteiger partial charge in [-0.25, -0.2) is 17.6 Å². The molecule has 1 aromatic heterocycles. The van der Waals surface area contributed by atoms with E-state index in [1.54, 1.807) is 39.8 Å². The molecular weight excluding hydrogens is 471 g/mol. The molecular formula is C25H25FN4O4S. The fraction of sp³-hybridized carbons (Fsp3) is 0.280. The number of nitrogens with one attached hydrogen (secondary N) is 2. The Morgan fingerprint density at radius 3 is 2.46 bits per heavy atom. The molecule has 2 aromatic carbocycles. The van der Waals surface area contributed by atoms with Gasteiger partial charge in [0.05, 0.1) is 5.75 Å². The summed E-state index contributed by atoms with van der Waals surface area (Å²) in [5, 5.41) is 2.79. The van der Waals surface area contributed by atoms with Gasteiger partial charge in [0.15, 0.2) is 0 Å². The van der Waals surface area contributed by atoms with Crippen molar-refractivity contribution >= 4 is 27.4 Å². The summed E-state index contributed by atoms with van der Waals surface area (Å²) in [6, 6.07) is 17.4. The van der Waals surface area contributed by atoms with Crippen LogP contribution in [-0.2, 0) is 22.3 Å². The largest absolute Gasteiger partial charge is 0.324 e. The van der Waals surface area contributed by atoms with Gasteiger partial charge in [-0.2, -0.15) is 0 Å². The Balaban J connectivity index is 1.31. The highest BCUT2D eigenvalue weighted by molar-refractivity contribution is 7.91. The maximum absolute atomic E-state index is 13.2. The minimum atomic E-state index is -3.76. The molecule has 0 aliphatic carbocycles. The summed E-state index contributed by atoms with van der Waals surface area (Å²) in [6.45, 7) is 1.31. The zero-order chi connectivity index (χ0) is 24.6. The summed E-state index contributed by atoms with van der Waals surface area (Å²) in [5.74, 6) is -0.573. The van der Waals surface area contributed by atoms with Crippen molar-refractivity contribution in [3.05, 3.63) is 94.2 Å². The topological polar surface area (TPSA) is 101 Å². The minimum absolute atomic E-state index is 0.0237. The molecule has 5 rings (SSSR count). The molecule has 3 aromatic rings. The summed E-state index contributed by atoms with van der Waals surface area (Å²) in [5.41, 5.74) is 1.58. The Morgan fingerprint density at radius 2 is 1.71 bits per heavy atom. The normalized spacial score (nSPS) is 19.1. The SMILES string of the molecule is O=C(Nc1ccc(F)cc1)N1C[C@@H]2C[C@H](C1)c1ccc(NS(=O)(=O)Cc3ccccc3)c(=O)n1C2. The molecule has 0 unspecified atom stereocenters. The highest BCUT2D eigenvalue weighted by atomic mass is 32.2. The van der Waals surface area contributed by atoms with Crippen LogP contribution < -0.4 is 15.6 Å². The number of fused-ring (bicyclic) bond motifs is 4. The molecule has 0 radical (unpaired) electrons. The monoisotopic (exact) mass is 496 g/mol. The van der Waals surface area contributed by atoms with Gasteiger partial charge in [-0.15, -0.1) is 0 Å². The number of amides is 2. The number of likely N-dealkylation sites (tertiary alicyclic amines) is 1. The number of halogens is 1. The highest BCUT2D eigenvalue weighted by Crippen LogP contribution is 2.35. The second kappa shape index (κ2) is 9.18. The Labute approximate surface area is 202 Å². The van der Waals surface area contributed by atoms with Gasteiger partial charge in [0, 0.05) is 36.9 Å². The third-order valence-electron chi connectivity index (χ3n) is 6.45. The highest BCUT2D eigenvalue weighted by Gasteiger charge is 2.37. The lowest BCUT2D eigenvalue weighted by molar-refractivity contribution is 0.139. The number of hydrogen-bond acceptors (Lipinski definition) is 4. The Hall–Kier alpha value is -3.66. The molecule has 2 bridgehead atoms. The molecule has 8 nitrogen and oxygen atoms in total. The molecule has 2 atom stereocenters. The number of carbonyl (C=O) groups excluding carboxylic acids is 1. The van der Waals surface area contributed by atoms with Crippen molar-refractivity contribution in [2.24, 2.45) is 5.92 Å². The number of benzene rings is 2. The van der Waals surface area contributed by atoms with E-state index < -0.39 is 10.0 Å². The number of pyridine rings is 1. The van der Waals surface area contributed by atoms with Gasteiger partial charge in [0.2, 0.25) is 10.0 Å². The van der Waals surface area contributed by atoms with E-state index in [1.165, 1.54) is 30.3 Å². The smallest absolute Gasteiger partial charge is 0.321 e. The molecule has 35 heavy (non-hydrogen) atoms. The lowest BCUT2D eigenvalue weighted by Crippen LogP contribution is -2.50. The van der Waals surface area contributed by atoms with E-state index in [0.717, 1.165) is 12.1 Å². The van der Waals surface area contributed by atoms with Crippen molar-refractivity contribution in [1.29, 1.82) is 0 Å². The van der Waals surface area contributed by atoms with Crippen LogP contribution in [0.2, 0.25) is 0 Å². The van der Waals surface area contributed by atoms with Gasteiger partial charge in [0.1, 0.15) is 11.5 Å². The van der Waals surface area contributed by atoms with Crippen molar-refractivity contribution < 1.29 is 17.6 Å². The predicted molar refractivity (Wildman–Crippen MR) is 131 cm³/mol. The number of sulfonamides is 1. The first-order valence-electron chi connectivity index (χ1n) is 11.4. The second-order valence-corrected chi connectivity index (χ2v) is 10.8. The molecule has 182 valence electrons. The van der Waals surface area contributed by atoms with Crippen LogP contribution in [0.5, 0.6) is 0 Å². The molecule has 1 fully saturated rings. The number of rotatable bonds is 5. The lowest BCUT2D eigenvalue weighted by Gasteiger charge is -2.42. The average Bonchev–Trinajstić information content (AvgIpc) is 2.83. The molecule has 0 saturated carbocycles. The molecule has 2 aliphatic heterocycles. The van der Waals surface area contributed by atoms with E-state index in [0.29, 0.717) is 30.9 Å². The fourth-order valence-electron chi connectivity index (χ4n) is 4.92. The third-order valence-corrected chi connectivity index (χ3v) is 7.70. The van der Waals surface area contributed by atoms with Crippen molar-refractivity contribution in [2.75, 3.05) is 23.1 Å². The maximum Gasteiger partial charge on any atom is 0.321 e. The summed E-state index contributed by atoms with van der Waals surface area (Å²) < 4.78 is 42.5. The fourth-order valence-corrected chi connectivity index (χ4v) is 6.12. The van der Waals surface area contributed by atoms with E-state index in [1.807, 2.05) is 6.07 Å².